The van der Waals surface area contributed by atoms with Crippen molar-refractivity contribution in [2.75, 3.05) is 6.54 Å². The lowest BCUT2D eigenvalue weighted by molar-refractivity contribution is 0.545. The zero-order valence-corrected chi connectivity index (χ0v) is 15.9. The van der Waals surface area contributed by atoms with Gasteiger partial charge >= 0.3 is 0 Å². The van der Waals surface area contributed by atoms with Gasteiger partial charge in [0.1, 0.15) is 0 Å². The van der Waals surface area contributed by atoms with Gasteiger partial charge in [0.2, 0.25) is 0 Å². The fraction of sp³-hybridized carbons (Fsp3) is 0.810. The van der Waals surface area contributed by atoms with Crippen molar-refractivity contribution in [2.45, 2.75) is 103 Å². The Morgan fingerprint density at radius 2 is 1.30 bits per heavy atom. The molecule has 0 aromatic rings. The largest absolute Gasteiger partial charge is 0.387 e. The van der Waals surface area contributed by atoms with Gasteiger partial charge in [0.25, 0.3) is 0 Å². The molecule has 0 amide bonds. The minimum absolute atomic E-state index is 0.357. The fourth-order valence-corrected chi connectivity index (χ4v) is 2.62. The van der Waals surface area contributed by atoms with E-state index in [0.717, 1.165) is 0 Å². The Hall–Kier alpha value is -0.760. The van der Waals surface area contributed by atoms with Gasteiger partial charge in [-0.15, -0.1) is 0 Å². The summed E-state index contributed by atoms with van der Waals surface area (Å²) >= 11 is 0. The van der Waals surface area contributed by atoms with Crippen LogP contribution in [0.15, 0.2) is 24.4 Å². The minimum Gasteiger partial charge on any atom is -0.387 e. The van der Waals surface area contributed by atoms with Crippen LogP contribution >= 0.6 is 0 Å². The van der Waals surface area contributed by atoms with Crippen LogP contribution in [-0.4, -0.2) is 12.6 Å². The quantitative estimate of drug-likeness (QED) is 0.251. The molecule has 0 heterocycles. The molecule has 0 bridgehead atoms. The summed E-state index contributed by atoms with van der Waals surface area (Å²) in [6.07, 6.45) is 26.7. The Morgan fingerprint density at radius 3 is 1.83 bits per heavy atom. The number of nitrogens with two attached hydrogens (primary N) is 1. The molecule has 0 rings (SSSR count). The molecule has 1 atom stereocenters. The predicted octanol–water partition coefficient (Wildman–Crippen LogP) is 6.08. The average Bonchev–Trinajstić information content (AvgIpc) is 2.57. The van der Waals surface area contributed by atoms with Crippen LogP contribution in [0.5, 0.6) is 0 Å². The number of hydrogen-bond donors (Lipinski definition) is 2. The Kier molecular flexibility index (Phi) is 18.6. The number of allylic oxidation sites excluding steroid dienone is 3. The molecule has 3 N–H and O–H groups in total. The van der Waals surface area contributed by atoms with E-state index in [1.54, 1.807) is 0 Å². The molecule has 0 fully saturated rings. The standard InChI is InChI=1S/C21H42N2/c1-3-4-5-6-7-8-9-10-11-12-13-14-15-16-17-18-19-23-21(2)20-22/h16-19,21,23H,3-15,20,22H2,1-2H3. The van der Waals surface area contributed by atoms with Crippen molar-refractivity contribution in [3.63, 3.8) is 0 Å². The molecule has 1 unspecified atom stereocenters. The third kappa shape index (κ3) is 19.2. The van der Waals surface area contributed by atoms with E-state index in [4.69, 9.17) is 5.73 Å². The lowest BCUT2D eigenvalue weighted by atomic mass is 10.0. The van der Waals surface area contributed by atoms with Crippen molar-refractivity contribution in [2.24, 2.45) is 5.73 Å². The van der Waals surface area contributed by atoms with Gasteiger partial charge in [-0.1, -0.05) is 89.7 Å². The zero-order chi connectivity index (χ0) is 17.0. The topological polar surface area (TPSA) is 38.0 Å². The maximum absolute atomic E-state index is 5.53. The fourth-order valence-electron chi connectivity index (χ4n) is 2.62. The monoisotopic (exact) mass is 322 g/mol. The average molecular weight is 323 g/mol. The Balaban J connectivity index is 3.15. The van der Waals surface area contributed by atoms with E-state index in [0.29, 0.717) is 12.6 Å². The summed E-state index contributed by atoms with van der Waals surface area (Å²) in [5.74, 6) is 0. The predicted molar refractivity (Wildman–Crippen MR) is 106 cm³/mol. The van der Waals surface area contributed by atoms with Gasteiger partial charge < -0.3 is 11.1 Å². The van der Waals surface area contributed by atoms with E-state index < -0.39 is 0 Å². The molecule has 0 aromatic heterocycles. The Bertz CT molecular complexity index is 271. The van der Waals surface area contributed by atoms with Crippen LogP contribution in [0.25, 0.3) is 0 Å². The molecular weight excluding hydrogens is 280 g/mol. The highest BCUT2D eigenvalue weighted by molar-refractivity contribution is 5.01. The number of nitrogens with one attached hydrogen (secondary N) is 1. The molecule has 23 heavy (non-hydrogen) atoms. The van der Waals surface area contributed by atoms with E-state index in [9.17, 15) is 0 Å². The number of rotatable bonds is 17. The van der Waals surface area contributed by atoms with Gasteiger partial charge in [0, 0.05) is 12.6 Å². The molecule has 2 heteroatoms. The van der Waals surface area contributed by atoms with E-state index in [-0.39, 0.29) is 0 Å². The van der Waals surface area contributed by atoms with Crippen molar-refractivity contribution < 1.29 is 0 Å². The summed E-state index contributed by atoms with van der Waals surface area (Å²) < 4.78 is 0. The molecule has 0 aliphatic carbocycles. The smallest absolute Gasteiger partial charge is 0.0350 e. The molecule has 0 radical (unpaired) electrons. The van der Waals surface area contributed by atoms with Gasteiger partial charge in [-0.25, -0.2) is 0 Å². The van der Waals surface area contributed by atoms with Crippen LogP contribution < -0.4 is 11.1 Å². The molecule has 0 spiro atoms. The van der Waals surface area contributed by atoms with Gasteiger partial charge in [-0.3, -0.25) is 0 Å². The first-order valence-electron chi connectivity index (χ1n) is 10.1. The van der Waals surface area contributed by atoms with E-state index in [1.807, 2.05) is 6.20 Å². The number of unbranched alkanes of at least 4 members (excludes halogenated alkanes) is 12. The molecule has 0 aliphatic rings. The minimum atomic E-state index is 0.357. The van der Waals surface area contributed by atoms with Crippen LogP contribution in [0.4, 0.5) is 0 Å². The summed E-state index contributed by atoms with van der Waals surface area (Å²) in [4.78, 5) is 0. The van der Waals surface area contributed by atoms with Gasteiger partial charge in [0.05, 0.1) is 0 Å². The van der Waals surface area contributed by atoms with E-state index in [2.05, 4.69) is 37.4 Å². The number of hydrogen-bond acceptors (Lipinski definition) is 2. The third-order valence-electron chi connectivity index (χ3n) is 4.30. The van der Waals surface area contributed by atoms with Crippen LogP contribution in [0.2, 0.25) is 0 Å². The highest BCUT2D eigenvalue weighted by Gasteiger charge is 1.93. The van der Waals surface area contributed by atoms with Crippen LogP contribution in [-0.2, 0) is 0 Å². The molecule has 136 valence electrons. The molecule has 0 saturated heterocycles. The third-order valence-corrected chi connectivity index (χ3v) is 4.30. The first-order valence-corrected chi connectivity index (χ1v) is 10.1. The normalized spacial score (nSPS) is 13.2. The Morgan fingerprint density at radius 1 is 0.783 bits per heavy atom. The van der Waals surface area contributed by atoms with Crippen LogP contribution in [0.3, 0.4) is 0 Å². The molecule has 0 aromatic carbocycles. The first-order chi connectivity index (χ1) is 11.3. The SMILES string of the molecule is CCCCCCCCCCCCCCC=CC=CNC(C)CN. The van der Waals surface area contributed by atoms with Crippen LogP contribution in [0.1, 0.15) is 97.3 Å². The maximum atomic E-state index is 5.53. The highest BCUT2D eigenvalue weighted by Crippen LogP contribution is 2.12. The summed E-state index contributed by atoms with van der Waals surface area (Å²) in [7, 11) is 0. The van der Waals surface area contributed by atoms with Crippen molar-refractivity contribution >= 4 is 0 Å². The zero-order valence-electron chi connectivity index (χ0n) is 15.9. The van der Waals surface area contributed by atoms with E-state index in [1.165, 1.54) is 83.5 Å². The summed E-state index contributed by atoms with van der Waals surface area (Å²) in [6.45, 7) is 5.04. The van der Waals surface area contributed by atoms with Crippen molar-refractivity contribution in [1.29, 1.82) is 0 Å². The van der Waals surface area contributed by atoms with Crippen molar-refractivity contribution in [3.05, 3.63) is 24.4 Å². The molecule has 2 nitrogen and oxygen atoms in total. The Labute approximate surface area is 146 Å². The van der Waals surface area contributed by atoms with Crippen LogP contribution in [0, 0.1) is 0 Å². The van der Waals surface area contributed by atoms with Gasteiger partial charge in [-0.05, 0) is 32.0 Å². The first kappa shape index (κ1) is 22.2. The lowest BCUT2D eigenvalue weighted by Crippen LogP contribution is -2.28. The second-order valence-corrected chi connectivity index (χ2v) is 6.77. The highest BCUT2D eigenvalue weighted by atomic mass is 14.9. The summed E-state index contributed by atoms with van der Waals surface area (Å²) in [6, 6.07) is 0.357. The maximum Gasteiger partial charge on any atom is 0.0350 e. The van der Waals surface area contributed by atoms with E-state index >= 15 is 0 Å². The second kappa shape index (κ2) is 19.3. The van der Waals surface area contributed by atoms with Crippen molar-refractivity contribution in [1.82, 2.24) is 5.32 Å². The second-order valence-electron chi connectivity index (χ2n) is 6.77. The lowest BCUT2D eigenvalue weighted by Gasteiger charge is -2.06. The summed E-state index contributed by atoms with van der Waals surface area (Å²) in [5, 5.41) is 3.23. The van der Waals surface area contributed by atoms with Gasteiger partial charge in [0.15, 0.2) is 0 Å². The van der Waals surface area contributed by atoms with Gasteiger partial charge in [-0.2, -0.15) is 0 Å². The molecule has 0 aliphatic heterocycles. The molecule has 0 saturated carbocycles. The summed E-state index contributed by atoms with van der Waals surface area (Å²) in [5.41, 5.74) is 5.53. The molecular formula is C21H42N2. The van der Waals surface area contributed by atoms with Crippen molar-refractivity contribution in [3.8, 4) is 0 Å².